The summed E-state index contributed by atoms with van der Waals surface area (Å²) in [6.07, 6.45) is 2.04. The van der Waals surface area contributed by atoms with E-state index in [0.717, 1.165) is 4.90 Å². The zero-order valence-electron chi connectivity index (χ0n) is 10.3. The Kier molecular flexibility index (Phi) is 2.94. The highest BCUT2D eigenvalue weighted by Crippen LogP contribution is 2.25. The molecule has 0 spiro atoms. The molecule has 3 heterocycles. The fraction of sp³-hybridized carbons (Fsp3) is 0.364. The van der Waals surface area contributed by atoms with Crippen molar-refractivity contribution in [1.29, 1.82) is 0 Å². The van der Waals surface area contributed by atoms with Crippen molar-refractivity contribution in [3.63, 3.8) is 0 Å². The highest BCUT2D eigenvalue weighted by Gasteiger charge is 2.46. The van der Waals surface area contributed by atoms with Crippen LogP contribution in [-0.4, -0.2) is 60.3 Å². The van der Waals surface area contributed by atoms with Gasteiger partial charge in [-0.25, -0.2) is 18.1 Å². The van der Waals surface area contributed by atoms with E-state index >= 15 is 0 Å². The van der Waals surface area contributed by atoms with Crippen molar-refractivity contribution in [3.05, 3.63) is 24.5 Å². The monoisotopic (exact) mass is 297 g/mol. The van der Waals surface area contributed by atoms with Crippen molar-refractivity contribution in [3.8, 4) is 0 Å². The number of ether oxygens (including phenoxy) is 1. The van der Waals surface area contributed by atoms with Crippen LogP contribution in [0.5, 0.6) is 0 Å². The number of hydrogen-bond acceptors (Lipinski definition) is 6. The van der Waals surface area contributed by atoms with E-state index in [0.29, 0.717) is 0 Å². The molecule has 0 saturated carbocycles. The van der Waals surface area contributed by atoms with Gasteiger partial charge in [-0.2, -0.15) is 4.31 Å². The Labute approximate surface area is 115 Å². The first kappa shape index (κ1) is 13.0. The van der Waals surface area contributed by atoms with E-state index in [1.807, 2.05) is 0 Å². The van der Waals surface area contributed by atoms with E-state index < -0.39 is 28.1 Å². The van der Waals surface area contributed by atoms with Gasteiger partial charge in [0, 0.05) is 25.5 Å². The Hall–Kier alpha value is -2.00. The van der Waals surface area contributed by atoms with Crippen LogP contribution in [0.25, 0.3) is 0 Å². The molecule has 2 aliphatic heterocycles. The van der Waals surface area contributed by atoms with Crippen LogP contribution in [0.1, 0.15) is 0 Å². The lowest BCUT2D eigenvalue weighted by molar-refractivity contribution is -0.128. The number of imide groups is 1. The van der Waals surface area contributed by atoms with E-state index in [9.17, 15) is 18.0 Å². The van der Waals surface area contributed by atoms with Crippen LogP contribution >= 0.6 is 0 Å². The first-order valence-electron chi connectivity index (χ1n) is 5.89. The predicted molar refractivity (Wildman–Crippen MR) is 65.0 cm³/mol. The SMILES string of the molecule is O=C1COC(=O)N1C1CN(S(=O)(=O)c2cccnc2)C1. The second-order valence-corrected chi connectivity index (χ2v) is 6.42. The Balaban J connectivity index is 1.72. The summed E-state index contributed by atoms with van der Waals surface area (Å²) in [5, 5.41) is 0. The highest BCUT2D eigenvalue weighted by molar-refractivity contribution is 7.89. The molecule has 20 heavy (non-hydrogen) atoms. The number of rotatable bonds is 3. The fourth-order valence-electron chi connectivity index (χ4n) is 2.14. The highest BCUT2D eigenvalue weighted by atomic mass is 32.2. The van der Waals surface area contributed by atoms with Gasteiger partial charge in [0.15, 0.2) is 6.61 Å². The average Bonchev–Trinajstić information content (AvgIpc) is 2.70. The van der Waals surface area contributed by atoms with Gasteiger partial charge in [0.2, 0.25) is 10.0 Å². The summed E-state index contributed by atoms with van der Waals surface area (Å²) in [6.45, 7) is -0.110. The molecular formula is C11H11N3O5S. The van der Waals surface area contributed by atoms with Gasteiger partial charge in [-0.05, 0) is 12.1 Å². The maximum Gasteiger partial charge on any atom is 0.417 e. The van der Waals surface area contributed by atoms with Gasteiger partial charge in [0.1, 0.15) is 4.90 Å². The third-order valence-corrected chi connectivity index (χ3v) is 5.07. The molecule has 3 rings (SSSR count). The quantitative estimate of drug-likeness (QED) is 0.741. The molecule has 0 bridgehead atoms. The minimum absolute atomic E-state index is 0.0814. The molecule has 106 valence electrons. The summed E-state index contributed by atoms with van der Waals surface area (Å²) < 4.78 is 30.2. The van der Waals surface area contributed by atoms with E-state index in [-0.39, 0.29) is 24.6 Å². The molecule has 0 aromatic carbocycles. The van der Waals surface area contributed by atoms with Crippen molar-refractivity contribution in [2.24, 2.45) is 0 Å². The Morgan fingerprint density at radius 2 is 2.05 bits per heavy atom. The number of cyclic esters (lactones) is 1. The van der Waals surface area contributed by atoms with Crippen molar-refractivity contribution < 1.29 is 22.7 Å². The number of aromatic nitrogens is 1. The second kappa shape index (κ2) is 4.53. The number of carbonyl (C=O) groups excluding carboxylic acids is 2. The zero-order chi connectivity index (χ0) is 14.3. The largest absolute Gasteiger partial charge is 0.439 e. The van der Waals surface area contributed by atoms with Gasteiger partial charge < -0.3 is 4.74 Å². The molecule has 2 aliphatic rings. The van der Waals surface area contributed by atoms with Gasteiger partial charge in [-0.1, -0.05) is 0 Å². The lowest BCUT2D eigenvalue weighted by Crippen LogP contribution is -2.62. The fourth-order valence-corrected chi connectivity index (χ4v) is 3.62. The molecule has 2 fully saturated rings. The van der Waals surface area contributed by atoms with Crippen molar-refractivity contribution in [2.45, 2.75) is 10.9 Å². The minimum atomic E-state index is -3.62. The van der Waals surface area contributed by atoms with Crippen LogP contribution in [-0.2, 0) is 19.6 Å². The molecule has 2 amide bonds. The second-order valence-electron chi connectivity index (χ2n) is 4.48. The number of sulfonamides is 1. The van der Waals surface area contributed by atoms with E-state index in [1.54, 1.807) is 0 Å². The molecule has 0 radical (unpaired) electrons. The van der Waals surface area contributed by atoms with Gasteiger partial charge in [-0.3, -0.25) is 9.78 Å². The summed E-state index contributed by atoms with van der Waals surface area (Å²) in [7, 11) is -3.62. The maximum absolute atomic E-state index is 12.2. The predicted octanol–water partition coefficient (Wildman–Crippen LogP) is -0.567. The van der Waals surface area contributed by atoms with Gasteiger partial charge in [-0.15, -0.1) is 0 Å². The minimum Gasteiger partial charge on any atom is -0.439 e. The average molecular weight is 297 g/mol. The van der Waals surface area contributed by atoms with Crippen molar-refractivity contribution in [2.75, 3.05) is 19.7 Å². The maximum atomic E-state index is 12.2. The standard InChI is InChI=1S/C11H11N3O5S/c15-10-7-19-11(16)14(10)8-5-13(6-8)20(17,18)9-2-1-3-12-4-9/h1-4,8H,5-7H2. The molecule has 0 unspecified atom stereocenters. The van der Waals surface area contributed by atoms with Crippen LogP contribution in [0.2, 0.25) is 0 Å². The molecule has 1 aromatic rings. The summed E-state index contributed by atoms with van der Waals surface area (Å²) in [5.74, 6) is -0.432. The first-order chi connectivity index (χ1) is 9.50. The Bertz CT molecular complexity index is 638. The normalized spacial score (nSPS) is 20.9. The van der Waals surface area contributed by atoms with E-state index in [1.165, 1.54) is 28.8 Å². The van der Waals surface area contributed by atoms with E-state index in [2.05, 4.69) is 9.72 Å². The molecule has 8 nitrogen and oxygen atoms in total. The van der Waals surface area contributed by atoms with Gasteiger partial charge >= 0.3 is 6.09 Å². The number of nitrogens with zero attached hydrogens (tertiary/aromatic N) is 3. The lowest BCUT2D eigenvalue weighted by atomic mass is 10.1. The Morgan fingerprint density at radius 1 is 1.30 bits per heavy atom. The van der Waals surface area contributed by atoms with Crippen LogP contribution in [0.3, 0.4) is 0 Å². The number of hydrogen-bond donors (Lipinski definition) is 0. The van der Waals surface area contributed by atoms with Gasteiger partial charge in [0.05, 0.1) is 6.04 Å². The molecule has 2 saturated heterocycles. The summed E-state index contributed by atoms with van der Waals surface area (Å²) in [5.41, 5.74) is 0. The van der Waals surface area contributed by atoms with Gasteiger partial charge in [0.25, 0.3) is 5.91 Å². The van der Waals surface area contributed by atoms with E-state index in [4.69, 9.17) is 0 Å². The molecular weight excluding hydrogens is 286 g/mol. The van der Waals surface area contributed by atoms with Crippen LogP contribution in [0.15, 0.2) is 29.4 Å². The summed E-state index contributed by atoms with van der Waals surface area (Å²) in [6, 6.07) is 2.53. The number of amides is 2. The number of pyridine rings is 1. The molecule has 0 atom stereocenters. The van der Waals surface area contributed by atoms with Crippen LogP contribution in [0.4, 0.5) is 4.79 Å². The Morgan fingerprint density at radius 3 is 2.60 bits per heavy atom. The van der Waals surface area contributed by atoms with Crippen LogP contribution < -0.4 is 0 Å². The third-order valence-electron chi connectivity index (χ3n) is 3.25. The molecule has 0 N–H and O–H groups in total. The van der Waals surface area contributed by atoms with Crippen molar-refractivity contribution >= 4 is 22.0 Å². The summed E-state index contributed by atoms with van der Waals surface area (Å²) >= 11 is 0. The summed E-state index contributed by atoms with van der Waals surface area (Å²) in [4.78, 5) is 27.6. The van der Waals surface area contributed by atoms with Crippen LogP contribution in [0, 0.1) is 0 Å². The zero-order valence-corrected chi connectivity index (χ0v) is 11.1. The molecule has 0 aliphatic carbocycles. The number of carbonyl (C=O) groups is 2. The van der Waals surface area contributed by atoms with Crippen molar-refractivity contribution in [1.82, 2.24) is 14.2 Å². The smallest absolute Gasteiger partial charge is 0.417 e. The molecule has 1 aromatic heterocycles. The topological polar surface area (TPSA) is 96.9 Å². The lowest BCUT2D eigenvalue weighted by Gasteiger charge is -2.40. The third kappa shape index (κ3) is 1.95. The molecule has 9 heteroatoms. The first-order valence-corrected chi connectivity index (χ1v) is 7.33.